The molecule has 1 amide bonds. The van der Waals surface area contributed by atoms with Crippen molar-refractivity contribution < 1.29 is 19.1 Å². The van der Waals surface area contributed by atoms with E-state index >= 15 is 0 Å². The van der Waals surface area contributed by atoms with Gasteiger partial charge in [0, 0.05) is 13.0 Å². The Morgan fingerprint density at radius 1 is 1.21 bits per heavy atom. The van der Waals surface area contributed by atoms with E-state index in [-0.39, 0.29) is 12.5 Å². The second-order valence-corrected chi connectivity index (χ2v) is 9.24. The fourth-order valence-electron chi connectivity index (χ4n) is 4.51. The number of carbonyl (C=O) groups excluding carboxylic acids is 2. The van der Waals surface area contributed by atoms with Crippen molar-refractivity contribution in [2.45, 2.75) is 51.4 Å². The highest BCUT2D eigenvalue weighted by atomic mass is 16.6. The van der Waals surface area contributed by atoms with Gasteiger partial charge in [0.15, 0.2) is 5.54 Å². The molecule has 0 bridgehead atoms. The van der Waals surface area contributed by atoms with Crippen LogP contribution in [-0.2, 0) is 32.8 Å². The van der Waals surface area contributed by atoms with Crippen molar-refractivity contribution in [3.63, 3.8) is 0 Å². The van der Waals surface area contributed by atoms with Gasteiger partial charge in [0.25, 0.3) is 0 Å². The van der Waals surface area contributed by atoms with Gasteiger partial charge in [-0.05, 0) is 56.4 Å². The Morgan fingerprint density at radius 3 is 2.52 bits per heavy atom. The number of ether oxygens (including phenoxy) is 2. The predicted molar refractivity (Wildman–Crippen MR) is 125 cm³/mol. The van der Waals surface area contributed by atoms with Crippen LogP contribution in [0, 0.1) is 17.2 Å². The molecule has 172 valence electrons. The van der Waals surface area contributed by atoms with Crippen LogP contribution in [0.15, 0.2) is 61.2 Å². The number of likely N-dealkylation sites (N-methyl/N-ethyl adjacent to an activating group) is 1. The van der Waals surface area contributed by atoms with Crippen LogP contribution < -0.4 is 0 Å². The van der Waals surface area contributed by atoms with Gasteiger partial charge in [-0.2, -0.15) is 5.26 Å². The summed E-state index contributed by atoms with van der Waals surface area (Å²) in [5, 5.41) is 9.69. The number of benzene rings is 2. The fourth-order valence-corrected chi connectivity index (χ4v) is 4.51. The fraction of sp³-hybridized carbons (Fsp3) is 0.370. The quantitative estimate of drug-likeness (QED) is 0.455. The number of allylic oxidation sites excluding steroid dienone is 1. The minimum atomic E-state index is -1.45. The summed E-state index contributed by atoms with van der Waals surface area (Å²) < 4.78 is 11.5. The Labute approximate surface area is 195 Å². The van der Waals surface area contributed by atoms with Gasteiger partial charge in [0.1, 0.15) is 12.2 Å². The maximum Gasteiger partial charge on any atom is 0.411 e. The van der Waals surface area contributed by atoms with Crippen LogP contribution in [0.1, 0.15) is 49.4 Å². The number of hydrogen-bond acceptors (Lipinski definition) is 5. The Kier molecular flexibility index (Phi) is 6.92. The monoisotopic (exact) mass is 446 g/mol. The molecule has 0 aromatic heterocycles. The van der Waals surface area contributed by atoms with E-state index in [4.69, 9.17) is 9.47 Å². The zero-order valence-electron chi connectivity index (χ0n) is 19.6. The number of nitriles is 1. The minimum absolute atomic E-state index is 0.0671. The number of amides is 1. The van der Waals surface area contributed by atoms with Crippen LogP contribution in [-0.4, -0.2) is 29.6 Å². The van der Waals surface area contributed by atoms with Crippen molar-refractivity contribution in [3.8, 4) is 6.07 Å². The molecule has 33 heavy (non-hydrogen) atoms. The molecule has 2 atom stereocenters. The summed E-state index contributed by atoms with van der Waals surface area (Å²) in [6.07, 6.45) is 1.99. The molecule has 2 aromatic carbocycles. The molecule has 6 heteroatoms. The molecule has 0 saturated heterocycles. The van der Waals surface area contributed by atoms with Gasteiger partial charge in [-0.3, -0.25) is 4.90 Å². The largest absolute Gasteiger partial charge is 0.459 e. The maximum atomic E-state index is 13.9. The van der Waals surface area contributed by atoms with E-state index in [1.54, 1.807) is 52.1 Å². The molecule has 0 saturated carbocycles. The molecule has 6 nitrogen and oxygen atoms in total. The van der Waals surface area contributed by atoms with Crippen molar-refractivity contribution >= 4 is 12.1 Å². The highest BCUT2D eigenvalue weighted by molar-refractivity contribution is 5.89. The van der Waals surface area contributed by atoms with Crippen molar-refractivity contribution in [1.82, 2.24) is 4.90 Å². The summed E-state index contributed by atoms with van der Waals surface area (Å²) in [5.74, 6) is -0.916. The summed E-state index contributed by atoms with van der Waals surface area (Å²) in [5.41, 5.74) is 0.471. The van der Waals surface area contributed by atoms with E-state index in [1.807, 2.05) is 30.3 Å². The Hall–Kier alpha value is -3.59. The van der Waals surface area contributed by atoms with Crippen molar-refractivity contribution in [2.24, 2.45) is 5.92 Å². The SMILES string of the molecule is C=CC[C@H]1Cc2c(C#N)cccc2[C@]1(C(=O)OCc1ccccc1)N(C)C(=O)OC(C)(C)C. The second-order valence-electron chi connectivity index (χ2n) is 9.24. The summed E-state index contributed by atoms with van der Waals surface area (Å²) in [4.78, 5) is 28.5. The number of hydrogen-bond donors (Lipinski definition) is 0. The lowest BCUT2D eigenvalue weighted by molar-refractivity contribution is -0.163. The molecule has 2 aromatic rings. The Balaban J connectivity index is 2.13. The van der Waals surface area contributed by atoms with E-state index in [0.29, 0.717) is 24.0 Å². The third-order valence-corrected chi connectivity index (χ3v) is 5.92. The van der Waals surface area contributed by atoms with Gasteiger partial charge >= 0.3 is 12.1 Å². The predicted octanol–water partition coefficient (Wildman–Crippen LogP) is 5.11. The van der Waals surface area contributed by atoms with Gasteiger partial charge in [-0.1, -0.05) is 48.5 Å². The molecule has 0 unspecified atom stereocenters. The standard InChI is InChI=1S/C27H30N2O4/c1-6-11-21-16-22-20(17-28)14-10-15-23(22)27(21,29(5)25(31)33-26(2,3)4)24(30)32-18-19-12-8-7-9-13-19/h6-10,12-15,21H,1,11,16,18H2,2-5H3/t21-,27+/m0/s1. The van der Waals surface area contributed by atoms with Crippen LogP contribution in [0.2, 0.25) is 0 Å². The summed E-state index contributed by atoms with van der Waals surface area (Å²) in [7, 11) is 1.56. The first-order valence-corrected chi connectivity index (χ1v) is 11.0. The number of esters is 1. The third-order valence-electron chi connectivity index (χ3n) is 5.92. The molecule has 1 aliphatic carbocycles. The van der Waals surface area contributed by atoms with Crippen LogP contribution >= 0.6 is 0 Å². The van der Waals surface area contributed by atoms with Gasteiger partial charge in [-0.25, -0.2) is 9.59 Å². The molecule has 0 radical (unpaired) electrons. The van der Waals surface area contributed by atoms with E-state index in [9.17, 15) is 14.9 Å². The lowest BCUT2D eigenvalue weighted by Gasteiger charge is -2.41. The molecule has 0 N–H and O–H groups in total. The number of carbonyl (C=O) groups is 2. The van der Waals surface area contributed by atoms with Gasteiger partial charge in [0.05, 0.1) is 11.6 Å². The van der Waals surface area contributed by atoms with Crippen LogP contribution in [0.5, 0.6) is 0 Å². The molecule has 0 heterocycles. The highest BCUT2D eigenvalue weighted by Crippen LogP contribution is 2.49. The normalized spacial score (nSPS) is 19.2. The molecule has 0 aliphatic heterocycles. The smallest absolute Gasteiger partial charge is 0.411 e. The second kappa shape index (κ2) is 9.50. The van der Waals surface area contributed by atoms with E-state index < -0.39 is 23.2 Å². The average Bonchev–Trinajstić information content (AvgIpc) is 3.11. The zero-order chi connectivity index (χ0) is 24.2. The van der Waals surface area contributed by atoms with Crippen LogP contribution in [0.3, 0.4) is 0 Å². The van der Waals surface area contributed by atoms with Gasteiger partial charge < -0.3 is 9.47 Å². The number of rotatable bonds is 6. The van der Waals surface area contributed by atoms with E-state index in [1.165, 1.54) is 4.90 Å². The summed E-state index contributed by atoms with van der Waals surface area (Å²) >= 11 is 0. The van der Waals surface area contributed by atoms with Crippen molar-refractivity contribution in [3.05, 3.63) is 83.4 Å². The lowest BCUT2D eigenvalue weighted by Crippen LogP contribution is -2.57. The Morgan fingerprint density at radius 2 is 1.91 bits per heavy atom. The maximum absolute atomic E-state index is 13.9. The number of fused-ring (bicyclic) bond motifs is 1. The van der Waals surface area contributed by atoms with Gasteiger partial charge in [-0.15, -0.1) is 6.58 Å². The average molecular weight is 447 g/mol. The molecule has 0 fully saturated rings. The first kappa shape index (κ1) is 24.1. The molecule has 3 rings (SSSR count). The molecular formula is C27H30N2O4. The topological polar surface area (TPSA) is 79.6 Å². The molecule has 0 spiro atoms. The highest BCUT2D eigenvalue weighted by Gasteiger charge is 2.58. The number of nitrogens with zero attached hydrogens (tertiary/aromatic N) is 2. The summed E-state index contributed by atoms with van der Waals surface area (Å²) in [6.45, 7) is 9.25. The van der Waals surface area contributed by atoms with E-state index in [0.717, 1.165) is 11.1 Å². The molecular weight excluding hydrogens is 416 g/mol. The lowest BCUT2D eigenvalue weighted by atomic mass is 9.80. The first-order chi connectivity index (χ1) is 15.6. The van der Waals surface area contributed by atoms with Gasteiger partial charge in [0.2, 0.25) is 0 Å². The van der Waals surface area contributed by atoms with Crippen molar-refractivity contribution in [2.75, 3.05) is 7.05 Å². The zero-order valence-corrected chi connectivity index (χ0v) is 19.6. The van der Waals surface area contributed by atoms with Crippen LogP contribution in [0.25, 0.3) is 0 Å². The Bertz CT molecular complexity index is 1080. The van der Waals surface area contributed by atoms with Crippen molar-refractivity contribution in [1.29, 1.82) is 5.26 Å². The third kappa shape index (κ3) is 4.63. The van der Waals surface area contributed by atoms with Crippen LogP contribution in [0.4, 0.5) is 4.79 Å². The van der Waals surface area contributed by atoms with E-state index in [2.05, 4.69) is 12.6 Å². The minimum Gasteiger partial charge on any atom is -0.459 e. The molecule has 1 aliphatic rings. The first-order valence-electron chi connectivity index (χ1n) is 11.0. The summed E-state index contributed by atoms with van der Waals surface area (Å²) in [6, 6.07) is 16.8.